The predicted molar refractivity (Wildman–Crippen MR) is 135 cm³/mol. The molecular weight excluding hydrogens is 468 g/mol. The zero-order chi connectivity index (χ0) is 23.7. The summed E-state index contributed by atoms with van der Waals surface area (Å²) >= 11 is 1.49. The Morgan fingerprint density at radius 2 is 1.85 bits per heavy atom. The lowest BCUT2D eigenvalue weighted by molar-refractivity contribution is -0.115. The van der Waals surface area contributed by atoms with Gasteiger partial charge < -0.3 is 5.32 Å². The Kier molecular flexibility index (Phi) is 6.24. The molecule has 1 aliphatic rings. The van der Waals surface area contributed by atoms with Crippen LogP contribution < -0.4 is 5.32 Å². The highest BCUT2D eigenvalue weighted by atomic mass is 32.2. The molecular formula is C25H26N4O3S2. The zero-order valence-corrected chi connectivity index (χ0v) is 20.5. The lowest BCUT2D eigenvalue weighted by Gasteiger charge is -2.26. The Morgan fingerprint density at radius 3 is 2.62 bits per heavy atom. The number of carbonyl (C=O) groups excluding carboxylic acids is 1. The normalized spacial score (nSPS) is 15.0. The number of nitrogens with zero attached hydrogens (tertiary/aromatic N) is 3. The van der Waals surface area contributed by atoms with Crippen LogP contribution in [-0.4, -0.2) is 41.1 Å². The third-order valence-electron chi connectivity index (χ3n) is 6.10. The van der Waals surface area contributed by atoms with E-state index in [0.29, 0.717) is 24.3 Å². The van der Waals surface area contributed by atoms with Crippen molar-refractivity contribution < 1.29 is 13.2 Å². The number of fused-ring (bicyclic) bond motifs is 1. The van der Waals surface area contributed by atoms with E-state index in [0.717, 1.165) is 41.2 Å². The van der Waals surface area contributed by atoms with Gasteiger partial charge in [0.05, 0.1) is 17.0 Å². The van der Waals surface area contributed by atoms with Crippen molar-refractivity contribution in [2.45, 2.75) is 37.5 Å². The van der Waals surface area contributed by atoms with Gasteiger partial charge in [0, 0.05) is 41.6 Å². The summed E-state index contributed by atoms with van der Waals surface area (Å²) in [7, 11) is -3.58. The summed E-state index contributed by atoms with van der Waals surface area (Å²) in [6, 6.07) is 15.0. The SMILES string of the molecule is Cc1ccc(NC(=O)Cc2csc3nc(-c4ccccc4)cn23)cc1S(=O)(=O)N1CCCCC1. The first-order chi connectivity index (χ1) is 16.4. The second-order valence-electron chi connectivity index (χ2n) is 8.54. The number of anilines is 1. The summed E-state index contributed by atoms with van der Waals surface area (Å²) in [5, 5.41) is 4.80. The standard InChI is InChI=1S/C25H26N4O3S2/c1-18-10-11-20(14-23(18)34(31,32)28-12-6-3-7-13-28)26-24(30)15-21-17-33-25-27-22(16-29(21)25)19-8-4-2-5-9-19/h2,4-5,8-11,14,16-17H,3,6-7,12-13,15H2,1H3,(H,26,30). The van der Waals surface area contributed by atoms with Gasteiger partial charge in [-0.05, 0) is 37.5 Å². The number of thiazole rings is 1. The number of benzene rings is 2. The minimum atomic E-state index is -3.58. The highest BCUT2D eigenvalue weighted by Crippen LogP contribution is 2.27. The summed E-state index contributed by atoms with van der Waals surface area (Å²) in [5.41, 5.74) is 3.87. The molecule has 176 valence electrons. The van der Waals surface area contributed by atoms with Crippen LogP contribution in [0.1, 0.15) is 30.5 Å². The Morgan fingerprint density at radius 1 is 1.09 bits per heavy atom. The lowest BCUT2D eigenvalue weighted by Crippen LogP contribution is -2.36. The molecule has 0 spiro atoms. The van der Waals surface area contributed by atoms with E-state index >= 15 is 0 Å². The average molecular weight is 495 g/mol. The number of aryl methyl sites for hydroxylation is 1. The highest BCUT2D eigenvalue weighted by Gasteiger charge is 2.27. The fraction of sp³-hybridized carbons (Fsp3) is 0.280. The summed E-state index contributed by atoms with van der Waals surface area (Å²) in [6.07, 6.45) is 4.92. The van der Waals surface area contributed by atoms with Gasteiger partial charge in [0.25, 0.3) is 0 Å². The van der Waals surface area contributed by atoms with Gasteiger partial charge in [-0.15, -0.1) is 11.3 Å². The van der Waals surface area contributed by atoms with E-state index < -0.39 is 10.0 Å². The third kappa shape index (κ3) is 4.51. The van der Waals surface area contributed by atoms with E-state index in [1.807, 2.05) is 46.3 Å². The summed E-state index contributed by atoms with van der Waals surface area (Å²) in [4.78, 5) is 18.6. The molecule has 34 heavy (non-hydrogen) atoms. The number of sulfonamides is 1. The van der Waals surface area contributed by atoms with Crippen molar-refractivity contribution in [3.8, 4) is 11.3 Å². The van der Waals surface area contributed by atoms with Gasteiger partial charge in [-0.25, -0.2) is 13.4 Å². The van der Waals surface area contributed by atoms with Crippen molar-refractivity contribution in [3.05, 3.63) is 71.4 Å². The number of piperidine rings is 1. The predicted octanol–water partition coefficient (Wildman–Crippen LogP) is 4.73. The molecule has 0 radical (unpaired) electrons. The number of amides is 1. The monoisotopic (exact) mass is 494 g/mol. The first-order valence-corrected chi connectivity index (χ1v) is 13.7. The van der Waals surface area contributed by atoms with Crippen LogP contribution in [0.15, 0.2) is 65.0 Å². The zero-order valence-electron chi connectivity index (χ0n) is 18.9. The Bertz CT molecular complexity index is 1440. The van der Waals surface area contributed by atoms with Gasteiger partial charge in [0.1, 0.15) is 0 Å². The van der Waals surface area contributed by atoms with Crippen molar-refractivity contribution in [3.63, 3.8) is 0 Å². The molecule has 0 unspecified atom stereocenters. The molecule has 1 saturated heterocycles. The van der Waals surface area contributed by atoms with Crippen molar-refractivity contribution in [1.29, 1.82) is 0 Å². The number of carbonyl (C=O) groups is 1. The minimum absolute atomic E-state index is 0.159. The molecule has 5 rings (SSSR count). The van der Waals surface area contributed by atoms with Crippen LogP contribution in [0.3, 0.4) is 0 Å². The smallest absolute Gasteiger partial charge is 0.243 e. The summed E-state index contributed by atoms with van der Waals surface area (Å²) in [5.74, 6) is -0.208. The second-order valence-corrected chi connectivity index (χ2v) is 11.3. The van der Waals surface area contributed by atoms with Gasteiger partial charge in [-0.2, -0.15) is 4.31 Å². The van der Waals surface area contributed by atoms with Gasteiger partial charge in [-0.3, -0.25) is 9.20 Å². The first kappa shape index (κ1) is 22.8. The third-order valence-corrected chi connectivity index (χ3v) is 9.03. The lowest BCUT2D eigenvalue weighted by atomic mass is 10.2. The number of rotatable bonds is 6. The van der Waals surface area contributed by atoms with E-state index in [2.05, 4.69) is 10.3 Å². The highest BCUT2D eigenvalue weighted by molar-refractivity contribution is 7.89. The minimum Gasteiger partial charge on any atom is -0.326 e. The molecule has 2 aromatic heterocycles. The van der Waals surface area contributed by atoms with Gasteiger partial charge in [0.15, 0.2) is 4.96 Å². The number of aromatic nitrogens is 2. The molecule has 0 saturated carbocycles. The van der Waals surface area contributed by atoms with Crippen LogP contribution in [0.2, 0.25) is 0 Å². The van der Waals surface area contributed by atoms with Gasteiger partial charge in [-0.1, -0.05) is 42.8 Å². The van der Waals surface area contributed by atoms with E-state index in [9.17, 15) is 13.2 Å². The molecule has 0 bridgehead atoms. The van der Waals surface area contributed by atoms with E-state index in [4.69, 9.17) is 0 Å². The van der Waals surface area contributed by atoms with Crippen LogP contribution in [0.5, 0.6) is 0 Å². The van der Waals surface area contributed by atoms with Gasteiger partial charge >= 0.3 is 0 Å². The summed E-state index contributed by atoms with van der Waals surface area (Å²) in [6.45, 7) is 2.87. The number of hydrogen-bond acceptors (Lipinski definition) is 5. The van der Waals surface area contributed by atoms with Crippen LogP contribution in [0.4, 0.5) is 5.69 Å². The second kappa shape index (κ2) is 9.32. The molecule has 2 aromatic carbocycles. The van der Waals surface area contributed by atoms with Gasteiger partial charge in [0.2, 0.25) is 15.9 Å². The molecule has 1 N–H and O–H groups in total. The number of hydrogen-bond donors (Lipinski definition) is 1. The number of nitrogens with one attached hydrogen (secondary N) is 1. The Balaban J connectivity index is 1.34. The molecule has 1 fully saturated rings. The van der Waals surface area contributed by atoms with Crippen LogP contribution >= 0.6 is 11.3 Å². The van der Waals surface area contributed by atoms with Crippen molar-refractivity contribution in [1.82, 2.24) is 13.7 Å². The maximum Gasteiger partial charge on any atom is 0.243 e. The Labute approximate surface area is 203 Å². The molecule has 9 heteroatoms. The quantitative estimate of drug-likeness (QED) is 0.420. The van der Waals surface area contributed by atoms with Crippen LogP contribution in [0, 0.1) is 6.92 Å². The fourth-order valence-corrected chi connectivity index (χ4v) is 6.92. The van der Waals surface area contributed by atoms with Crippen molar-refractivity contribution in [2.24, 2.45) is 0 Å². The average Bonchev–Trinajstić information content (AvgIpc) is 3.43. The maximum absolute atomic E-state index is 13.2. The molecule has 4 aromatic rings. The number of imidazole rings is 1. The molecule has 3 heterocycles. The molecule has 0 atom stereocenters. The topological polar surface area (TPSA) is 83.8 Å². The van der Waals surface area contributed by atoms with Crippen LogP contribution in [-0.2, 0) is 21.2 Å². The maximum atomic E-state index is 13.2. The van der Waals surface area contributed by atoms with Crippen molar-refractivity contribution in [2.75, 3.05) is 18.4 Å². The summed E-state index contributed by atoms with van der Waals surface area (Å²) < 4.78 is 29.8. The van der Waals surface area contributed by atoms with Crippen LogP contribution in [0.25, 0.3) is 16.2 Å². The van der Waals surface area contributed by atoms with Crippen molar-refractivity contribution >= 4 is 37.9 Å². The largest absolute Gasteiger partial charge is 0.326 e. The van der Waals surface area contributed by atoms with E-state index in [1.54, 1.807) is 29.4 Å². The molecule has 1 aliphatic heterocycles. The van der Waals surface area contributed by atoms with E-state index in [-0.39, 0.29) is 17.2 Å². The molecule has 0 aliphatic carbocycles. The molecule has 7 nitrogen and oxygen atoms in total. The molecule has 1 amide bonds. The van der Waals surface area contributed by atoms with E-state index in [1.165, 1.54) is 11.3 Å². The first-order valence-electron chi connectivity index (χ1n) is 11.3. The fourth-order valence-electron chi connectivity index (χ4n) is 4.27. The Hall–Kier alpha value is -3.01.